The van der Waals surface area contributed by atoms with E-state index in [1.54, 1.807) is 58.2 Å². The summed E-state index contributed by atoms with van der Waals surface area (Å²) in [4.78, 5) is 27.7. The zero-order chi connectivity index (χ0) is 17.4. The number of carbonyl (C=O) groups is 1. The van der Waals surface area contributed by atoms with Crippen molar-refractivity contribution in [2.45, 2.75) is 26.9 Å². The predicted molar refractivity (Wildman–Crippen MR) is 88.1 cm³/mol. The molecule has 0 aliphatic heterocycles. The van der Waals surface area contributed by atoms with E-state index in [0.29, 0.717) is 10.9 Å². The van der Waals surface area contributed by atoms with E-state index < -0.39 is 17.5 Å². The topological polar surface area (TPSA) is 92.4 Å². The molecule has 1 atom stereocenters. The van der Waals surface area contributed by atoms with E-state index in [9.17, 15) is 14.7 Å². The molecule has 23 heavy (non-hydrogen) atoms. The summed E-state index contributed by atoms with van der Waals surface area (Å²) in [5.74, 6) is -0.632. The summed E-state index contributed by atoms with van der Waals surface area (Å²) in [6.45, 7) is 4.76. The number of aliphatic hydroxyl groups is 1. The van der Waals surface area contributed by atoms with Crippen molar-refractivity contribution in [2.75, 3.05) is 0 Å². The highest BCUT2D eigenvalue weighted by Crippen LogP contribution is 2.20. The van der Waals surface area contributed by atoms with E-state index in [2.05, 4.69) is 4.98 Å². The van der Waals surface area contributed by atoms with Gasteiger partial charge in [0.2, 0.25) is 0 Å². The number of hydrogen-bond donors (Lipinski definition) is 2. The van der Waals surface area contributed by atoms with Gasteiger partial charge in [-0.2, -0.15) is 0 Å². The van der Waals surface area contributed by atoms with Crippen LogP contribution in [0.4, 0.5) is 0 Å². The van der Waals surface area contributed by atoms with Gasteiger partial charge in [0.1, 0.15) is 11.9 Å². The van der Waals surface area contributed by atoms with Crippen LogP contribution in [0.25, 0.3) is 17.0 Å². The molecule has 0 fully saturated rings. The highest BCUT2D eigenvalue weighted by molar-refractivity contribution is 5.81. The molecule has 2 N–H and O–H groups in total. The lowest BCUT2D eigenvalue weighted by atomic mass is 9.92. The highest BCUT2D eigenvalue weighted by atomic mass is 16.4. The number of carboxylic acids is 1. The molecule has 0 saturated heterocycles. The van der Waals surface area contributed by atoms with Crippen molar-refractivity contribution in [3.8, 4) is 0 Å². The first-order valence-electron chi connectivity index (χ1n) is 7.25. The molecule has 0 bridgehead atoms. The van der Waals surface area contributed by atoms with Gasteiger partial charge in [-0.25, -0.2) is 4.98 Å². The Hall–Kier alpha value is -2.47. The van der Waals surface area contributed by atoms with Crippen molar-refractivity contribution >= 4 is 22.9 Å². The number of carboxylic acid groups (broad SMARTS) is 1. The van der Waals surface area contributed by atoms with Crippen LogP contribution in [0.3, 0.4) is 0 Å². The maximum atomic E-state index is 12.3. The van der Waals surface area contributed by atoms with Gasteiger partial charge in [-0.05, 0) is 38.5 Å². The summed E-state index contributed by atoms with van der Waals surface area (Å²) < 4.78 is 1.33. The van der Waals surface area contributed by atoms with Gasteiger partial charge in [-0.1, -0.05) is 18.2 Å². The number of nitrogens with zero attached hydrogens (tertiary/aromatic N) is 2. The molecule has 1 aromatic carbocycles. The number of benzene rings is 1. The second-order valence-electron chi connectivity index (χ2n) is 6.15. The number of rotatable bonds is 4. The Morgan fingerprint density at radius 1 is 1.39 bits per heavy atom. The van der Waals surface area contributed by atoms with Crippen molar-refractivity contribution in [3.05, 3.63) is 46.0 Å². The van der Waals surface area contributed by atoms with Crippen LogP contribution in [0, 0.1) is 5.41 Å². The van der Waals surface area contributed by atoms with Crippen molar-refractivity contribution in [1.82, 2.24) is 9.55 Å². The van der Waals surface area contributed by atoms with Gasteiger partial charge in [-0.3, -0.25) is 14.2 Å². The van der Waals surface area contributed by atoms with Crippen LogP contribution in [-0.2, 0) is 11.8 Å². The largest absolute Gasteiger partial charge is 0.481 e. The van der Waals surface area contributed by atoms with Gasteiger partial charge >= 0.3 is 5.97 Å². The Labute approximate surface area is 133 Å². The van der Waals surface area contributed by atoms with E-state index >= 15 is 0 Å². The van der Waals surface area contributed by atoms with E-state index in [4.69, 9.17) is 5.11 Å². The van der Waals surface area contributed by atoms with Gasteiger partial charge in [0.05, 0.1) is 16.3 Å². The van der Waals surface area contributed by atoms with Crippen LogP contribution in [0.15, 0.2) is 29.1 Å². The van der Waals surface area contributed by atoms with Gasteiger partial charge < -0.3 is 10.2 Å². The predicted octanol–water partition coefficient (Wildman–Crippen LogP) is 2.11. The Balaban J connectivity index is 2.55. The number of fused-ring (bicyclic) bond motifs is 1. The van der Waals surface area contributed by atoms with Crippen molar-refractivity contribution in [1.29, 1.82) is 0 Å². The summed E-state index contributed by atoms with van der Waals surface area (Å²) in [7, 11) is 1.57. The average molecular weight is 316 g/mol. The summed E-state index contributed by atoms with van der Waals surface area (Å²) in [6.07, 6.45) is 2.42. The molecule has 6 nitrogen and oxygen atoms in total. The molecule has 0 unspecified atom stereocenters. The van der Waals surface area contributed by atoms with Gasteiger partial charge in [0.15, 0.2) is 0 Å². The minimum absolute atomic E-state index is 0.229. The lowest BCUT2D eigenvalue weighted by molar-refractivity contribution is -0.144. The lowest BCUT2D eigenvalue weighted by Crippen LogP contribution is -2.23. The second kappa shape index (κ2) is 5.96. The van der Waals surface area contributed by atoms with Crippen molar-refractivity contribution in [2.24, 2.45) is 12.5 Å². The minimum atomic E-state index is -0.986. The number of aliphatic hydroxyl groups excluding tert-OH is 1. The fourth-order valence-electron chi connectivity index (χ4n) is 2.16. The molecule has 0 aliphatic rings. The quantitative estimate of drug-likeness (QED) is 0.901. The van der Waals surface area contributed by atoms with Gasteiger partial charge in [0, 0.05) is 7.05 Å². The molecule has 1 heterocycles. The van der Waals surface area contributed by atoms with Crippen LogP contribution in [0.1, 0.15) is 38.3 Å². The average Bonchev–Trinajstić information content (AvgIpc) is 2.48. The molecule has 0 amide bonds. The van der Waals surface area contributed by atoms with Crippen LogP contribution < -0.4 is 5.56 Å². The number of aliphatic carboxylic acids is 1. The fourth-order valence-corrected chi connectivity index (χ4v) is 2.16. The van der Waals surface area contributed by atoms with E-state index in [1.807, 2.05) is 0 Å². The first kappa shape index (κ1) is 16.9. The monoisotopic (exact) mass is 316 g/mol. The van der Waals surface area contributed by atoms with Crippen LogP contribution in [-0.4, -0.2) is 25.7 Å². The number of hydrogen-bond acceptors (Lipinski definition) is 4. The molecule has 0 spiro atoms. The minimum Gasteiger partial charge on any atom is -0.481 e. The molecular weight excluding hydrogens is 296 g/mol. The smallest absolute Gasteiger partial charge is 0.312 e. The Kier molecular flexibility index (Phi) is 4.38. The molecule has 0 saturated carbocycles. The van der Waals surface area contributed by atoms with Crippen LogP contribution in [0.5, 0.6) is 0 Å². The number of aromatic nitrogens is 2. The molecule has 2 rings (SSSR count). The standard InChI is InChI=1S/C17H20N2O4/c1-10(20)14-18-13-9-11(7-8-17(2,3)16(22)23)5-6-12(13)15(21)19(14)4/h5-10,20H,1-4H3,(H,22,23)/b8-7+/t10-/m1/s1. The third-order valence-corrected chi connectivity index (χ3v) is 3.75. The second-order valence-corrected chi connectivity index (χ2v) is 6.15. The molecular formula is C17H20N2O4. The Morgan fingerprint density at radius 3 is 2.61 bits per heavy atom. The van der Waals surface area contributed by atoms with E-state index in [-0.39, 0.29) is 11.4 Å². The summed E-state index contributed by atoms with van der Waals surface area (Å²) in [5.41, 5.74) is -0.00400. The maximum Gasteiger partial charge on any atom is 0.312 e. The van der Waals surface area contributed by atoms with Gasteiger partial charge in [0.25, 0.3) is 5.56 Å². The van der Waals surface area contributed by atoms with Crippen LogP contribution in [0.2, 0.25) is 0 Å². The summed E-state index contributed by atoms with van der Waals surface area (Å²) in [5, 5.41) is 19.3. The maximum absolute atomic E-state index is 12.3. The Morgan fingerprint density at radius 2 is 2.04 bits per heavy atom. The lowest BCUT2D eigenvalue weighted by Gasteiger charge is -2.13. The normalized spacial score (nSPS) is 13.6. The third-order valence-electron chi connectivity index (χ3n) is 3.75. The molecule has 1 aromatic heterocycles. The summed E-state index contributed by atoms with van der Waals surface area (Å²) >= 11 is 0. The summed E-state index contributed by atoms with van der Waals surface area (Å²) in [6, 6.07) is 5.10. The van der Waals surface area contributed by atoms with Crippen molar-refractivity contribution < 1.29 is 15.0 Å². The molecule has 2 aromatic rings. The Bertz CT molecular complexity index is 848. The fraction of sp³-hybridized carbons (Fsp3) is 0.353. The highest BCUT2D eigenvalue weighted by Gasteiger charge is 2.23. The molecule has 0 radical (unpaired) electrons. The molecule has 122 valence electrons. The van der Waals surface area contributed by atoms with E-state index in [1.165, 1.54) is 4.57 Å². The SMILES string of the molecule is C[C@@H](O)c1nc2cc(/C=C/C(C)(C)C(=O)O)ccc2c(=O)n1C. The van der Waals surface area contributed by atoms with Crippen molar-refractivity contribution in [3.63, 3.8) is 0 Å². The molecule has 0 aliphatic carbocycles. The van der Waals surface area contributed by atoms with Crippen LogP contribution >= 0.6 is 0 Å². The zero-order valence-corrected chi connectivity index (χ0v) is 13.6. The third kappa shape index (κ3) is 3.32. The zero-order valence-electron chi connectivity index (χ0n) is 13.6. The van der Waals surface area contributed by atoms with Gasteiger partial charge in [-0.15, -0.1) is 0 Å². The first-order chi connectivity index (χ1) is 10.6. The molecule has 6 heteroatoms. The van der Waals surface area contributed by atoms with E-state index in [0.717, 1.165) is 5.56 Å². The first-order valence-corrected chi connectivity index (χ1v) is 7.25.